The molecule has 1 aromatic rings. The number of hydrogen-bond acceptors (Lipinski definition) is 4. The SMILES string of the molecule is CC(C)C1COC(=O)N1c1cccc(C2CCNCC2)n1. The van der Waals surface area contributed by atoms with E-state index < -0.39 is 0 Å². The number of pyridine rings is 1. The zero-order chi connectivity index (χ0) is 14.8. The van der Waals surface area contributed by atoms with E-state index >= 15 is 0 Å². The van der Waals surface area contributed by atoms with Gasteiger partial charge in [0.1, 0.15) is 12.4 Å². The number of carbonyl (C=O) groups excluding carboxylic acids is 1. The molecule has 1 atom stereocenters. The van der Waals surface area contributed by atoms with Crippen molar-refractivity contribution in [3.05, 3.63) is 23.9 Å². The molecule has 0 radical (unpaired) electrons. The van der Waals surface area contributed by atoms with E-state index in [2.05, 4.69) is 25.2 Å². The van der Waals surface area contributed by atoms with Gasteiger partial charge in [0.15, 0.2) is 0 Å². The van der Waals surface area contributed by atoms with Crippen LogP contribution in [0, 0.1) is 5.92 Å². The molecule has 2 aliphatic heterocycles. The van der Waals surface area contributed by atoms with E-state index in [-0.39, 0.29) is 12.1 Å². The van der Waals surface area contributed by atoms with Crippen LogP contribution < -0.4 is 10.2 Å². The molecule has 3 heterocycles. The van der Waals surface area contributed by atoms with Crippen LogP contribution in [0.2, 0.25) is 0 Å². The summed E-state index contributed by atoms with van der Waals surface area (Å²) in [5.74, 6) is 1.57. The van der Waals surface area contributed by atoms with E-state index in [0.29, 0.717) is 18.4 Å². The summed E-state index contributed by atoms with van der Waals surface area (Å²) in [5.41, 5.74) is 1.09. The Kier molecular flexibility index (Phi) is 4.10. The number of piperidine rings is 1. The van der Waals surface area contributed by atoms with Crippen molar-refractivity contribution in [1.82, 2.24) is 10.3 Å². The molecule has 1 unspecified atom stereocenters. The van der Waals surface area contributed by atoms with Gasteiger partial charge in [-0.2, -0.15) is 0 Å². The monoisotopic (exact) mass is 289 g/mol. The minimum Gasteiger partial charge on any atom is -0.447 e. The average Bonchev–Trinajstić information content (AvgIpc) is 2.90. The number of carbonyl (C=O) groups is 1. The molecule has 1 aromatic heterocycles. The molecule has 1 amide bonds. The lowest BCUT2D eigenvalue weighted by Gasteiger charge is -2.26. The van der Waals surface area contributed by atoms with E-state index in [4.69, 9.17) is 9.72 Å². The smallest absolute Gasteiger partial charge is 0.415 e. The van der Waals surface area contributed by atoms with Gasteiger partial charge in [0, 0.05) is 11.6 Å². The topological polar surface area (TPSA) is 54.5 Å². The van der Waals surface area contributed by atoms with Gasteiger partial charge in [0.05, 0.1) is 6.04 Å². The number of rotatable bonds is 3. The molecule has 21 heavy (non-hydrogen) atoms. The maximum absolute atomic E-state index is 12.0. The number of cyclic esters (lactones) is 1. The third-order valence-electron chi connectivity index (χ3n) is 4.44. The lowest BCUT2D eigenvalue weighted by molar-refractivity contribution is 0.177. The quantitative estimate of drug-likeness (QED) is 0.929. The Hall–Kier alpha value is -1.62. The van der Waals surface area contributed by atoms with Crippen molar-refractivity contribution in [2.75, 3.05) is 24.6 Å². The summed E-state index contributed by atoms with van der Waals surface area (Å²) in [7, 11) is 0. The van der Waals surface area contributed by atoms with E-state index in [1.165, 1.54) is 0 Å². The van der Waals surface area contributed by atoms with Gasteiger partial charge in [0.25, 0.3) is 0 Å². The standard InChI is InChI=1S/C16H23N3O2/c1-11(2)14-10-21-16(20)19(14)15-5-3-4-13(18-15)12-6-8-17-9-7-12/h3-5,11-12,14,17H,6-10H2,1-2H3. The number of ether oxygens (including phenoxy) is 1. The maximum Gasteiger partial charge on any atom is 0.415 e. The van der Waals surface area contributed by atoms with E-state index in [1.54, 1.807) is 4.90 Å². The average molecular weight is 289 g/mol. The zero-order valence-corrected chi connectivity index (χ0v) is 12.7. The molecular weight excluding hydrogens is 266 g/mol. The van der Waals surface area contributed by atoms with Crippen molar-refractivity contribution in [3.8, 4) is 0 Å². The van der Waals surface area contributed by atoms with Crippen LogP contribution in [0.25, 0.3) is 0 Å². The van der Waals surface area contributed by atoms with E-state index in [9.17, 15) is 4.79 Å². The molecule has 2 fully saturated rings. The summed E-state index contributed by atoms with van der Waals surface area (Å²) in [6.07, 6.45) is 1.94. The summed E-state index contributed by atoms with van der Waals surface area (Å²) < 4.78 is 5.22. The van der Waals surface area contributed by atoms with Crippen LogP contribution in [-0.2, 0) is 4.74 Å². The van der Waals surface area contributed by atoms with Crippen LogP contribution in [-0.4, -0.2) is 36.8 Å². The first-order chi connectivity index (χ1) is 10.2. The fourth-order valence-corrected chi connectivity index (χ4v) is 3.11. The molecule has 2 saturated heterocycles. The Labute approximate surface area is 125 Å². The van der Waals surface area contributed by atoms with E-state index in [1.807, 2.05) is 12.1 Å². The highest BCUT2D eigenvalue weighted by Crippen LogP contribution is 2.29. The summed E-state index contributed by atoms with van der Waals surface area (Å²) in [4.78, 5) is 18.5. The molecule has 0 bridgehead atoms. The molecule has 114 valence electrons. The highest BCUT2D eigenvalue weighted by Gasteiger charge is 2.37. The number of hydrogen-bond donors (Lipinski definition) is 1. The van der Waals surface area contributed by atoms with Crippen LogP contribution >= 0.6 is 0 Å². The molecule has 0 saturated carbocycles. The number of anilines is 1. The molecule has 5 heteroatoms. The second kappa shape index (κ2) is 6.02. The van der Waals surface area contributed by atoms with Crippen molar-refractivity contribution in [2.45, 2.75) is 38.6 Å². The highest BCUT2D eigenvalue weighted by atomic mass is 16.6. The van der Waals surface area contributed by atoms with E-state index in [0.717, 1.165) is 37.4 Å². The predicted octanol–water partition coefficient (Wildman–Crippen LogP) is 2.53. The predicted molar refractivity (Wildman–Crippen MR) is 81.5 cm³/mol. The number of aromatic nitrogens is 1. The Bertz CT molecular complexity index is 512. The highest BCUT2D eigenvalue weighted by molar-refractivity contribution is 5.89. The first kappa shape index (κ1) is 14.3. The molecule has 5 nitrogen and oxygen atoms in total. The fraction of sp³-hybridized carbons (Fsp3) is 0.625. The zero-order valence-electron chi connectivity index (χ0n) is 12.7. The summed E-state index contributed by atoms with van der Waals surface area (Å²) in [5, 5.41) is 3.37. The van der Waals surface area contributed by atoms with Crippen LogP contribution in [0.3, 0.4) is 0 Å². The summed E-state index contributed by atoms with van der Waals surface area (Å²) in [6, 6.07) is 6.06. The molecule has 0 aromatic carbocycles. The second-order valence-corrected chi connectivity index (χ2v) is 6.20. The van der Waals surface area contributed by atoms with Gasteiger partial charge in [-0.3, -0.25) is 4.90 Å². The Morgan fingerprint density at radius 3 is 2.81 bits per heavy atom. The van der Waals surface area contributed by atoms with Crippen molar-refractivity contribution in [3.63, 3.8) is 0 Å². The van der Waals surface area contributed by atoms with Crippen LogP contribution in [0.4, 0.5) is 10.6 Å². The molecule has 0 aliphatic carbocycles. The molecular formula is C16H23N3O2. The second-order valence-electron chi connectivity index (χ2n) is 6.20. The van der Waals surface area contributed by atoms with Gasteiger partial charge in [-0.15, -0.1) is 0 Å². The first-order valence-corrected chi connectivity index (χ1v) is 7.80. The molecule has 2 aliphatic rings. The lowest BCUT2D eigenvalue weighted by atomic mass is 9.94. The van der Waals surface area contributed by atoms with Gasteiger partial charge < -0.3 is 10.1 Å². The van der Waals surface area contributed by atoms with Gasteiger partial charge in [-0.05, 0) is 44.0 Å². The third kappa shape index (κ3) is 2.88. The van der Waals surface area contributed by atoms with Crippen molar-refractivity contribution >= 4 is 11.9 Å². The van der Waals surface area contributed by atoms with Crippen molar-refractivity contribution in [2.24, 2.45) is 5.92 Å². The third-order valence-corrected chi connectivity index (χ3v) is 4.44. The van der Waals surface area contributed by atoms with Gasteiger partial charge in [-0.25, -0.2) is 9.78 Å². The van der Waals surface area contributed by atoms with Gasteiger partial charge in [-0.1, -0.05) is 19.9 Å². The Balaban J connectivity index is 1.86. The van der Waals surface area contributed by atoms with Crippen molar-refractivity contribution < 1.29 is 9.53 Å². The molecule has 0 spiro atoms. The minimum atomic E-state index is -0.274. The van der Waals surface area contributed by atoms with Gasteiger partial charge in [0.2, 0.25) is 0 Å². The minimum absolute atomic E-state index is 0.0771. The molecule has 1 N–H and O–H groups in total. The van der Waals surface area contributed by atoms with Crippen LogP contribution in [0.15, 0.2) is 18.2 Å². The van der Waals surface area contributed by atoms with Gasteiger partial charge >= 0.3 is 6.09 Å². The summed E-state index contributed by atoms with van der Waals surface area (Å²) in [6.45, 7) is 6.75. The largest absolute Gasteiger partial charge is 0.447 e. The number of nitrogens with one attached hydrogen (secondary N) is 1. The van der Waals surface area contributed by atoms with Crippen molar-refractivity contribution in [1.29, 1.82) is 0 Å². The number of nitrogens with zero attached hydrogens (tertiary/aromatic N) is 2. The Morgan fingerprint density at radius 1 is 1.33 bits per heavy atom. The number of amides is 1. The first-order valence-electron chi connectivity index (χ1n) is 7.80. The Morgan fingerprint density at radius 2 is 2.10 bits per heavy atom. The lowest BCUT2D eigenvalue weighted by Crippen LogP contribution is -2.38. The normalized spacial score (nSPS) is 23.7. The fourth-order valence-electron chi connectivity index (χ4n) is 3.11. The van der Waals surface area contributed by atoms with Crippen LogP contribution in [0.5, 0.6) is 0 Å². The van der Waals surface area contributed by atoms with Crippen LogP contribution in [0.1, 0.15) is 38.3 Å². The maximum atomic E-state index is 12.0. The summed E-state index contributed by atoms with van der Waals surface area (Å²) >= 11 is 0. The molecule has 3 rings (SSSR count).